The number of unbranched alkanes of at least 4 members (excludes halogenated alkanes) is 2. The standard InChI is InChI=1S/C13H17N3O2/c1-3-4-5-6-16-11-7-10(9(2)17)8-14-12(11)15-13(16)18/h7-8H,3-6H2,1-2H3,(H,14,15,18). The number of aryl methyl sites for hydroxylation is 1. The number of nitrogens with zero attached hydrogens (tertiary/aromatic N) is 2. The summed E-state index contributed by atoms with van der Waals surface area (Å²) >= 11 is 0. The summed E-state index contributed by atoms with van der Waals surface area (Å²) in [5.74, 6) is -0.0434. The molecule has 0 radical (unpaired) electrons. The van der Waals surface area contributed by atoms with E-state index in [-0.39, 0.29) is 11.5 Å². The Morgan fingerprint density at radius 3 is 2.89 bits per heavy atom. The van der Waals surface area contributed by atoms with Crippen LogP contribution in [0.25, 0.3) is 11.2 Å². The highest BCUT2D eigenvalue weighted by Gasteiger charge is 2.09. The van der Waals surface area contributed by atoms with Crippen molar-refractivity contribution in [3.05, 3.63) is 28.3 Å². The lowest BCUT2D eigenvalue weighted by molar-refractivity contribution is 0.101. The fraction of sp³-hybridized carbons (Fsp3) is 0.462. The summed E-state index contributed by atoms with van der Waals surface area (Å²) < 4.78 is 1.66. The zero-order chi connectivity index (χ0) is 13.1. The number of carbonyl (C=O) groups is 1. The molecule has 0 aliphatic heterocycles. The van der Waals surface area contributed by atoms with Crippen molar-refractivity contribution < 1.29 is 4.79 Å². The number of ketones is 1. The highest BCUT2D eigenvalue weighted by Crippen LogP contribution is 2.11. The van der Waals surface area contributed by atoms with E-state index in [9.17, 15) is 9.59 Å². The van der Waals surface area contributed by atoms with Crippen molar-refractivity contribution in [2.24, 2.45) is 0 Å². The van der Waals surface area contributed by atoms with Gasteiger partial charge < -0.3 is 0 Å². The van der Waals surface area contributed by atoms with Gasteiger partial charge in [0.05, 0.1) is 5.52 Å². The third kappa shape index (κ3) is 2.34. The number of H-pyrrole nitrogens is 1. The zero-order valence-electron chi connectivity index (χ0n) is 10.7. The Morgan fingerprint density at radius 1 is 1.44 bits per heavy atom. The maximum atomic E-state index is 11.8. The van der Waals surface area contributed by atoms with Crippen LogP contribution in [0.1, 0.15) is 43.5 Å². The largest absolute Gasteiger partial charge is 0.327 e. The van der Waals surface area contributed by atoms with Gasteiger partial charge in [0.25, 0.3) is 0 Å². The molecular weight excluding hydrogens is 230 g/mol. The molecule has 0 unspecified atom stereocenters. The van der Waals surface area contributed by atoms with Gasteiger partial charge in [-0.3, -0.25) is 14.3 Å². The van der Waals surface area contributed by atoms with E-state index in [0.717, 1.165) is 19.3 Å². The van der Waals surface area contributed by atoms with Crippen LogP contribution in [-0.2, 0) is 6.54 Å². The molecule has 0 spiro atoms. The maximum Gasteiger partial charge on any atom is 0.327 e. The van der Waals surface area contributed by atoms with E-state index in [1.165, 1.54) is 13.1 Å². The van der Waals surface area contributed by atoms with Gasteiger partial charge in [0, 0.05) is 18.3 Å². The highest BCUT2D eigenvalue weighted by atomic mass is 16.1. The molecule has 18 heavy (non-hydrogen) atoms. The number of hydrogen-bond acceptors (Lipinski definition) is 3. The molecule has 96 valence electrons. The third-order valence-electron chi connectivity index (χ3n) is 3.02. The molecule has 0 atom stereocenters. The van der Waals surface area contributed by atoms with Gasteiger partial charge in [-0.15, -0.1) is 0 Å². The van der Waals surface area contributed by atoms with Crippen LogP contribution in [0.2, 0.25) is 0 Å². The lowest BCUT2D eigenvalue weighted by atomic mass is 10.2. The summed E-state index contributed by atoms with van der Waals surface area (Å²) in [4.78, 5) is 29.9. The number of Topliss-reactive ketones (excluding diaryl/α,β-unsaturated/α-hetero) is 1. The first-order valence-electron chi connectivity index (χ1n) is 6.23. The molecule has 2 heterocycles. The minimum atomic E-state index is -0.158. The van der Waals surface area contributed by atoms with E-state index in [1.807, 2.05) is 0 Å². The summed E-state index contributed by atoms with van der Waals surface area (Å²) in [5.41, 5.74) is 1.63. The maximum absolute atomic E-state index is 11.8. The van der Waals surface area contributed by atoms with E-state index in [0.29, 0.717) is 23.3 Å². The SMILES string of the molecule is CCCCCn1c(=O)[nH]c2ncc(C(C)=O)cc21. The molecule has 0 saturated heterocycles. The normalized spacial score (nSPS) is 11.0. The van der Waals surface area contributed by atoms with Crippen molar-refractivity contribution in [2.45, 2.75) is 39.7 Å². The Morgan fingerprint density at radius 2 is 2.22 bits per heavy atom. The first kappa shape index (κ1) is 12.5. The minimum Gasteiger partial charge on any atom is -0.294 e. The predicted molar refractivity (Wildman–Crippen MR) is 69.9 cm³/mol. The summed E-state index contributed by atoms with van der Waals surface area (Å²) in [6.07, 6.45) is 4.64. The van der Waals surface area contributed by atoms with Gasteiger partial charge in [-0.25, -0.2) is 9.78 Å². The van der Waals surface area contributed by atoms with E-state index in [4.69, 9.17) is 0 Å². The van der Waals surface area contributed by atoms with E-state index in [1.54, 1.807) is 10.6 Å². The molecule has 1 N–H and O–H groups in total. The van der Waals surface area contributed by atoms with Crippen LogP contribution in [0, 0.1) is 0 Å². The molecular formula is C13H17N3O2. The summed E-state index contributed by atoms with van der Waals surface area (Å²) in [7, 11) is 0. The first-order valence-corrected chi connectivity index (χ1v) is 6.23. The van der Waals surface area contributed by atoms with E-state index in [2.05, 4.69) is 16.9 Å². The van der Waals surface area contributed by atoms with Gasteiger partial charge in [-0.05, 0) is 19.4 Å². The lowest BCUT2D eigenvalue weighted by Crippen LogP contribution is -2.16. The second-order valence-corrected chi connectivity index (χ2v) is 4.44. The van der Waals surface area contributed by atoms with Crippen molar-refractivity contribution in [1.29, 1.82) is 0 Å². The van der Waals surface area contributed by atoms with Gasteiger partial charge in [0.2, 0.25) is 0 Å². The molecule has 5 nitrogen and oxygen atoms in total. The van der Waals surface area contributed by atoms with E-state index >= 15 is 0 Å². The minimum absolute atomic E-state index is 0.0434. The Kier molecular flexibility index (Phi) is 3.60. The zero-order valence-corrected chi connectivity index (χ0v) is 10.7. The van der Waals surface area contributed by atoms with E-state index < -0.39 is 0 Å². The summed E-state index contributed by atoms with van der Waals surface area (Å²) in [5, 5.41) is 0. The smallest absolute Gasteiger partial charge is 0.294 e. The van der Waals surface area contributed by atoms with Crippen molar-refractivity contribution in [1.82, 2.24) is 14.5 Å². The van der Waals surface area contributed by atoms with Gasteiger partial charge in [-0.2, -0.15) is 0 Å². The van der Waals surface area contributed by atoms with Gasteiger partial charge in [-0.1, -0.05) is 19.8 Å². The topological polar surface area (TPSA) is 67.8 Å². The first-order chi connectivity index (χ1) is 8.63. The number of aromatic nitrogens is 3. The average Bonchev–Trinajstić information content (AvgIpc) is 2.65. The molecule has 0 aliphatic carbocycles. The number of imidazole rings is 1. The molecule has 0 aliphatic rings. The predicted octanol–water partition coefficient (Wildman–Crippen LogP) is 2.12. The van der Waals surface area contributed by atoms with Crippen molar-refractivity contribution in [3.63, 3.8) is 0 Å². The van der Waals surface area contributed by atoms with Crippen LogP contribution in [0.5, 0.6) is 0 Å². The molecule has 0 amide bonds. The van der Waals surface area contributed by atoms with Crippen LogP contribution in [-0.4, -0.2) is 20.3 Å². The summed E-state index contributed by atoms with van der Waals surface area (Å²) in [6, 6.07) is 1.73. The fourth-order valence-electron chi connectivity index (χ4n) is 1.97. The molecule has 5 heteroatoms. The molecule has 2 aromatic rings. The molecule has 2 aromatic heterocycles. The monoisotopic (exact) mass is 247 g/mol. The Balaban J connectivity index is 2.43. The van der Waals surface area contributed by atoms with Crippen molar-refractivity contribution >= 4 is 16.9 Å². The second-order valence-electron chi connectivity index (χ2n) is 4.44. The number of aromatic amines is 1. The number of pyridine rings is 1. The van der Waals surface area contributed by atoms with Crippen molar-refractivity contribution in [3.8, 4) is 0 Å². The van der Waals surface area contributed by atoms with Crippen molar-refractivity contribution in [2.75, 3.05) is 0 Å². The van der Waals surface area contributed by atoms with Gasteiger partial charge >= 0.3 is 5.69 Å². The summed E-state index contributed by atoms with van der Waals surface area (Å²) in [6.45, 7) is 4.28. The molecule has 0 bridgehead atoms. The fourth-order valence-corrected chi connectivity index (χ4v) is 1.97. The van der Waals surface area contributed by atoms with Crippen LogP contribution in [0.3, 0.4) is 0 Å². The van der Waals surface area contributed by atoms with Crippen LogP contribution < -0.4 is 5.69 Å². The van der Waals surface area contributed by atoms with Gasteiger partial charge in [0.1, 0.15) is 0 Å². The number of nitrogens with one attached hydrogen (secondary N) is 1. The molecule has 0 aromatic carbocycles. The number of carbonyl (C=O) groups excluding carboxylic acids is 1. The number of hydrogen-bond donors (Lipinski definition) is 1. The molecule has 0 fully saturated rings. The third-order valence-corrected chi connectivity index (χ3v) is 3.02. The van der Waals surface area contributed by atoms with Gasteiger partial charge in [0.15, 0.2) is 11.4 Å². The van der Waals surface area contributed by atoms with Crippen LogP contribution >= 0.6 is 0 Å². The highest BCUT2D eigenvalue weighted by molar-refractivity contribution is 5.96. The molecule has 2 rings (SSSR count). The Bertz CT molecular complexity index is 625. The van der Waals surface area contributed by atoms with Crippen LogP contribution in [0.15, 0.2) is 17.1 Å². The quantitative estimate of drug-likeness (QED) is 0.650. The molecule has 0 saturated carbocycles. The Labute approximate surface area is 105 Å². The number of fused-ring (bicyclic) bond motifs is 1. The Hall–Kier alpha value is -1.91. The lowest BCUT2D eigenvalue weighted by Gasteiger charge is -2.02. The number of rotatable bonds is 5. The van der Waals surface area contributed by atoms with Crippen LogP contribution in [0.4, 0.5) is 0 Å². The second kappa shape index (κ2) is 5.16. The average molecular weight is 247 g/mol.